The van der Waals surface area contributed by atoms with Crippen LogP contribution in [0.25, 0.3) is 5.69 Å². The van der Waals surface area contributed by atoms with Crippen molar-refractivity contribution in [2.45, 2.75) is 0 Å². The number of aromatic amines is 1. The molecule has 0 unspecified atom stereocenters. The number of para-hydroxylation sites is 1. The Balaban J connectivity index is 1.96. The molecule has 0 atom stereocenters. The normalized spacial score (nSPS) is 10.9. The molecule has 0 spiro atoms. The summed E-state index contributed by atoms with van der Waals surface area (Å²) in [4.78, 5) is 29.8. The second-order valence-electron chi connectivity index (χ2n) is 7.18. The minimum Gasteiger partial charge on any atom is -0.496 e. The molecule has 2 aromatic heterocycles. The van der Waals surface area contributed by atoms with Gasteiger partial charge in [-0.3, -0.25) is 14.2 Å². The number of halogens is 5. The number of hydrogen-bond acceptors (Lipinski definition) is 4. The number of carbonyl (C=O) groups excluding carboxylic acids is 2. The van der Waals surface area contributed by atoms with E-state index >= 15 is 0 Å². The Morgan fingerprint density at radius 3 is 2.23 bits per heavy atom. The van der Waals surface area contributed by atoms with Crippen LogP contribution in [0.5, 0.6) is 11.5 Å². The van der Waals surface area contributed by atoms with E-state index in [0.717, 1.165) is 12.1 Å². The Labute approximate surface area is 219 Å². The highest BCUT2D eigenvalue weighted by Crippen LogP contribution is 2.40. The van der Waals surface area contributed by atoms with Gasteiger partial charge in [0.05, 0.1) is 41.8 Å². The topological polar surface area (TPSA) is 73.3 Å². The van der Waals surface area contributed by atoms with Crippen LogP contribution >= 0.6 is 46.4 Å². The third kappa shape index (κ3) is 4.41. The second kappa shape index (κ2) is 9.95. The molecule has 0 bridgehead atoms. The summed E-state index contributed by atoms with van der Waals surface area (Å²) >= 11 is 25.5. The fourth-order valence-corrected chi connectivity index (χ4v) is 4.44. The number of nitrogens with zero attached hydrogens (tertiary/aromatic N) is 1. The molecule has 180 valence electrons. The molecule has 6 nitrogen and oxygen atoms in total. The summed E-state index contributed by atoms with van der Waals surface area (Å²) in [6, 6.07) is 11.3. The SMILES string of the molecule is COc1ccccc1C(=O)c1[nH]c(Cl)c(Cl)c1-n1c(C(=O)c2cc(F)ccc2OC)cc(Cl)c1Cl. The fourth-order valence-electron chi connectivity index (χ4n) is 3.62. The quantitative estimate of drug-likeness (QED) is 0.248. The van der Waals surface area contributed by atoms with Crippen LogP contribution in [0.4, 0.5) is 4.39 Å². The molecule has 11 heteroatoms. The van der Waals surface area contributed by atoms with Gasteiger partial charge in [0.15, 0.2) is 0 Å². The van der Waals surface area contributed by atoms with E-state index in [1.807, 2.05) is 0 Å². The molecule has 0 aliphatic rings. The number of carbonyl (C=O) groups is 2. The first-order chi connectivity index (χ1) is 16.7. The van der Waals surface area contributed by atoms with Crippen LogP contribution in [0, 0.1) is 5.82 Å². The van der Waals surface area contributed by atoms with E-state index in [1.54, 1.807) is 24.3 Å². The van der Waals surface area contributed by atoms with Crippen molar-refractivity contribution in [1.82, 2.24) is 9.55 Å². The van der Waals surface area contributed by atoms with Gasteiger partial charge in [0.1, 0.15) is 38.3 Å². The van der Waals surface area contributed by atoms with E-state index in [1.165, 1.54) is 30.9 Å². The number of aromatic nitrogens is 2. The number of benzene rings is 2. The van der Waals surface area contributed by atoms with E-state index < -0.39 is 17.4 Å². The number of nitrogens with one attached hydrogen (secondary N) is 1. The Kier molecular flexibility index (Phi) is 7.15. The lowest BCUT2D eigenvalue weighted by molar-refractivity contribution is 0.101. The van der Waals surface area contributed by atoms with Crippen LogP contribution in [0.2, 0.25) is 20.4 Å². The lowest BCUT2D eigenvalue weighted by Crippen LogP contribution is -2.14. The molecule has 2 heterocycles. The van der Waals surface area contributed by atoms with Gasteiger partial charge in [-0.1, -0.05) is 58.5 Å². The summed E-state index contributed by atoms with van der Waals surface area (Å²) in [5.74, 6) is -1.44. The molecule has 0 fully saturated rings. The number of H-pyrrole nitrogens is 1. The highest BCUT2D eigenvalue weighted by atomic mass is 35.5. The van der Waals surface area contributed by atoms with Gasteiger partial charge in [-0.2, -0.15) is 0 Å². The van der Waals surface area contributed by atoms with Gasteiger partial charge < -0.3 is 14.5 Å². The molecule has 0 saturated carbocycles. The fraction of sp³-hybridized carbons (Fsp3) is 0.0833. The lowest BCUT2D eigenvalue weighted by Gasteiger charge is -2.14. The maximum absolute atomic E-state index is 14.0. The smallest absolute Gasteiger partial charge is 0.215 e. The van der Waals surface area contributed by atoms with E-state index in [0.29, 0.717) is 5.75 Å². The Morgan fingerprint density at radius 1 is 0.886 bits per heavy atom. The first-order valence-corrected chi connectivity index (χ1v) is 11.4. The van der Waals surface area contributed by atoms with Crippen LogP contribution in [0.3, 0.4) is 0 Å². The van der Waals surface area contributed by atoms with Crippen molar-refractivity contribution in [3.05, 3.63) is 97.2 Å². The van der Waals surface area contributed by atoms with Crippen LogP contribution in [0.15, 0.2) is 48.5 Å². The highest BCUT2D eigenvalue weighted by molar-refractivity contribution is 6.45. The highest BCUT2D eigenvalue weighted by Gasteiger charge is 2.31. The van der Waals surface area contributed by atoms with Gasteiger partial charge >= 0.3 is 0 Å². The van der Waals surface area contributed by atoms with E-state index in [2.05, 4.69) is 4.98 Å². The van der Waals surface area contributed by atoms with Gasteiger partial charge in [-0.25, -0.2) is 4.39 Å². The molecule has 0 aliphatic carbocycles. The van der Waals surface area contributed by atoms with Crippen molar-refractivity contribution in [3.8, 4) is 17.2 Å². The van der Waals surface area contributed by atoms with Crippen molar-refractivity contribution < 1.29 is 23.5 Å². The first-order valence-electron chi connectivity index (χ1n) is 9.89. The molecule has 4 aromatic rings. The monoisotopic (exact) mass is 554 g/mol. The molecule has 0 amide bonds. The summed E-state index contributed by atoms with van der Waals surface area (Å²) < 4.78 is 25.7. The molecular formula is C24H15Cl4FN2O4. The average Bonchev–Trinajstić information content (AvgIpc) is 3.32. The first kappa shape index (κ1) is 25.1. The van der Waals surface area contributed by atoms with E-state index in [9.17, 15) is 14.0 Å². The molecule has 0 saturated heterocycles. The molecule has 0 aliphatic heterocycles. The van der Waals surface area contributed by atoms with Crippen molar-refractivity contribution >= 4 is 58.0 Å². The summed E-state index contributed by atoms with van der Waals surface area (Å²) in [5.41, 5.74) is -0.0625. The summed E-state index contributed by atoms with van der Waals surface area (Å²) in [6.45, 7) is 0. The predicted molar refractivity (Wildman–Crippen MR) is 133 cm³/mol. The average molecular weight is 556 g/mol. The van der Waals surface area contributed by atoms with E-state index in [-0.39, 0.29) is 54.3 Å². The van der Waals surface area contributed by atoms with Gasteiger partial charge in [0.2, 0.25) is 11.6 Å². The van der Waals surface area contributed by atoms with Crippen molar-refractivity contribution in [2.24, 2.45) is 0 Å². The number of hydrogen-bond donors (Lipinski definition) is 1. The third-order valence-corrected chi connectivity index (χ3v) is 6.72. The van der Waals surface area contributed by atoms with Crippen LogP contribution in [-0.4, -0.2) is 35.3 Å². The van der Waals surface area contributed by atoms with Crippen LogP contribution < -0.4 is 9.47 Å². The molecule has 1 N–H and O–H groups in total. The zero-order chi connectivity index (χ0) is 25.4. The third-order valence-electron chi connectivity index (χ3n) is 5.21. The van der Waals surface area contributed by atoms with Gasteiger partial charge in [-0.05, 0) is 36.4 Å². The van der Waals surface area contributed by atoms with Crippen molar-refractivity contribution in [2.75, 3.05) is 14.2 Å². The number of rotatable bonds is 7. The minimum absolute atomic E-state index is 0.00512. The maximum Gasteiger partial charge on any atom is 0.215 e. The van der Waals surface area contributed by atoms with Gasteiger partial charge in [-0.15, -0.1) is 0 Å². The Hall–Kier alpha value is -2.97. The molecular weight excluding hydrogens is 541 g/mol. The van der Waals surface area contributed by atoms with Crippen LogP contribution in [0.1, 0.15) is 32.1 Å². The molecule has 35 heavy (non-hydrogen) atoms. The predicted octanol–water partition coefficient (Wildman–Crippen LogP) is 7.04. The minimum atomic E-state index is -0.681. The molecule has 2 aromatic carbocycles. The van der Waals surface area contributed by atoms with Gasteiger partial charge in [0, 0.05) is 0 Å². The van der Waals surface area contributed by atoms with E-state index in [4.69, 9.17) is 55.9 Å². The molecule has 4 rings (SSSR count). The zero-order valence-electron chi connectivity index (χ0n) is 18.1. The summed E-state index contributed by atoms with van der Waals surface area (Å²) in [5, 5.41) is -0.270. The largest absolute Gasteiger partial charge is 0.496 e. The molecule has 0 radical (unpaired) electrons. The summed E-state index contributed by atoms with van der Waals surface area (Å²) in [6.07, 6.45) is 0. The number of ketones is 2. The van der Waals surface area contributed by atoms with Crippen molar-refractivity contribution in [3.63, 3.8) is 0 Å². The van der Waals surface area contributed by atoms with Crippen LogP contribution in [-0.2, 0) is 0 Å². The Morgan fingerprint density at radius 2 is 1.54 bits per heavy atom. The number of methoxy groups -OCH3 is 2. The standard InChI is InChI=1S/C24H15Cl4FN2O4/c1-34-16-6-4-3-5-12(16)22(33)19-20(18(26)23(27)30-19)31-15(10-14(25)24(31)28)21(32)13-9-11(29)7-8-17(13)35-2/h3-10,30H,1-2H3. The summed E-state index contributed by atoms with van der Waals surface area (Å²) in [7, 11) is 2.77. The Bertz CT molecular complexity index is 1480. The maximum atomic E-state index is 14.0. The zero-order valence-corrected chi connectivity index (χ0v) is 21.1. The van der Waals surface area contributed by atoms with Gasteiger partial charge in [0.25, 0.3) is 0 Å². The second-order valence-corrected chi connectivity index (χ2v) is 8.70. The number of ether oxygens (including phenoxy) is 2. The lowest BCUT2D eigenvalue weighted by atomic mass is 10.0. The van der Waals surface area contributed by atoms with Crippen molar-refractivity contribution in [1.29, 1.82) is 0 Å².